The van der Waals surface area contributed by atoms with E-state index in [1.165, 1.54) is 32.4 Å². The lowest BCUT2D eigenvalue weighted by Gasteiger charge is -2.12. The highest BCUT2D eigenvalue weighted by Gasteiger charge is 2.17. The van der Waals surface area contributed by atoms with E-state index < -0.39 is 17.8 Å². The summed E-state index contributed by atoms with van der Waals surface area (Å²) in [6, 6.07) is 11.2. The Morgan fingerprint density at radius 3 is 2.35 bits per heavy atom. The molecule has 0 spiro atoms. The maximum absolute atomic E-state index is 12.2. The topological polar surface area (TPSA) is 90.9 Å². The van der Waals surface area contributed by atoms with Gasteiger partial charge < -0.3 is 19.5 Å². The van der Waals surface area contributed by atoms with E-state index in [1.807, 2.05) is 6.07 Å². The molecule has 0 bridgehead atoms. The van der Waals surface area contributed by atoms with Crippen molar-refractivity contribution >= 4 is 39.5 Å². The van der Waals surface area contributed by atoms with Gasteiger partial charge in [-0.25, -0.2) is 9.59 Å². The van der Waals surface area contributed by atoms with Crippen LogP contribution in [0.15, 0.2) is 46.9 Å². The van der Waals surface area contributed by atoms with Gasteiger partial charge in [0.1, 0.15) is 5.75 Å². The molecule has 2 aromatic rings. The number of anilines is 1. The molecule has 2 aromatic carbocycles. The number of methoxy groups -OCH3 is 2. The van der Waals surface area contributed by atoms with Crippen molar-refractivity contribution in [2.45, 2.75) is 0 Å². The summed E-state index contributed by atoms with van der Waals surface area (Å²) >= 11 is 3.32. The van der Waals surface area contributed by atoms with Crippen molar-refractivity contribution in [3.63, 3.8) is 0 Å². The molecular formula is C18H16BrNO6. The van der Waals surface area contributed by atoms with Gasteiger partial charge >= 0.3 is 11.9 Å². The fraction of sp³-hybridized carbons (Fsp3) is 0.167. The number of esters is 2. The molecule has 26 heavy (non-hydrogen) atoms. The zero-order valence-corrected chi connectivity index (χ0v) is 15.7. The van der Waals surface area contributed by atoms with Gasteiger partial charge in [-0.15, -0.1) is 0 Å². The highest BCUT2D eigenvalue weighted by Crippen LogP contribution is 2.24. The van der Waals surface area contributed by atoms with E-state index in [2.05, 4.69) is 30.7 Å². The lowest BCUT2D eigenvalue weighted by molar-refractivity contribution is -0.118. The zero-order valence-electron chi connectivity index (χ0n) is 14.1. The molecule has 0 unspecified atom stereocenters. The molecule has 0 aliphatic carbocycles. The Kier molecular flexibility index (Phi) is 6.74. The Morgan fingerprint density at radius 1 is 1.00 bits per heavy atom. The fourth-order valence-corrected chi connectivity index (χ4v) is 2.47. The normalized spacial score (nSPS) is 9.96. The summed E-state index contributed by atoms with van der Waals surface area (Å²) in [6.45, 7) is -0.286. The Balaban J connectivity index is 2.17. The first-order valence-corrected chi connectivity index (χ1v) is 8.23. The molecule has 2 rings (SSSR count). The number of halogens is 1. The van der Waals surface area contributed by atoms with Crippen molar-refractivity contribution in [2.75, 3.05) is 26.1 Å². The Labute approximate surface area is 158 Å². The smallest absolute Gasteiger partial charge is 0.339 e. The summed E-state index contributed by atoms with van der Waals surface area (Å²) < 4.78 is 15.5. The Hall–Kier alpha value is -2.87. The highest BCUT2D eigenvalue weighted by molar-refractivity contribution is 9.10. The molecule has 0 atom stereocenters. The first kappa shape index (κ1) is 19.5. The van der Waals surface area contributed by atoms with Gasteiger partial charge in [-0.3, -0.25) is 4.79 Å². The number of hydrogen-bond acceptors (Lipinski definition) is 6. The molecule has 0 saturated heterocycles. The Morgan fingerprint density at radius 2 is 1.69 bits per heavy atom. The van der Waals surface area contributed by atoms with Crippen molar-refractivity contribution in [3.8, 4) is 5.75 Å². The van der Waals surface area contributed by atoms with Crippen LogP contribution < -0.4 is 10.1 Å². The van der Waals surface area contributed by atoms with E-state index in [0.717, 1.165) is 0 Å². The summed E-state index contributed by atoms with van der Waals surface area (Å²) in [7, 11) is 2.46. The highest BCUT2D eigenvalue weighted by atomic mass is 79.9. The van der Waals surface area contributed by atoms with Crippen LogP contribution in [-0.4, -0.2) is 38.7 Å². The quantitative estimate of drug-likeness (QED) is 0.720. The lowest BCUT2D eigenvalue weighted by atomic mass is 10.1. The standard InChI is InChI=1S/C18H16BrNO6/c1-24-17(22)11-7-8-12(18(23)25-2)14(9-11)20-16(21)10-26-15-6-4-3-5-13(15)19/h3-9H,10H2,1-2H3,(H,20,21). The van der Waals surface area contributed by atoms with Crippen molar-refractivity contribution < 1.29 is 28.6 Å². The van der Waals surface area contributed by atoms with Crippen LogP contribution in [0.3, 0.4) is 0 Å². The number of nitrogens with one attached hydrogen (secondary N) is 1. The van der Waals surface area contributed by atoms with Gasteiger partial charge in [-0.05, 0) is 46.3 Å². The predicted octanol–water partition coefficient (Wildman–Crippen LogP) is 3.04. The molecule has 7 nitrogen and oxygen atoms in total. The molecule has 0 heterocycles. The molecule has 0 aliphatic rings. The summed E-state index contributed by atoms with van der Waals surface area (Å²) in [5.74, 6) is -1.25. The monoisotopic (exact) mass is 421 g/mol. The number of hydrogen-bond donors (Lipinski definition) is 1. The molecule has 1 N–H and O–H groups in total. The van der Waals surface area contributed by atoms with Gasteiger partial charge in [-0.2, -0.15) is 0 Å². The van der Waals surface area contributed by atoms with Crippen LogP contribution in [0, 0.1) is 0 Å². The molecule has 136 valence electrons. The summed E-state index contributed by atoms with van der Waals surface area (Å²) in [4.78, 5) is 35.7. The van der Waals surface area contributed by atoms with Crippen LogP contribution in [0.25, 0.3) is 0 Å². The number of para-hydroxylation sites is 1. The van der Waals surface area contributed by atoms with Gasteiger partial charge in [0.25, 0.3) is 5.91 Å². The largest absolute Gasteiger partial charge is 0.483 e. The summed E-state index contributed by atoms with van der Waals surface area (Å²) in [5, 5.41) is 2.55. The van der Waals surface area contributed by atoms with Gasteiger partial charge in [0.15, 0.2) is 6.61 Å². The molecule has 0 aromatic heterocycles. The average Bonchev–Trinajstić information content (AvgIpc) is 2.66. The zero-order chi connectivity index (χ0) is 19.1. The average molecular weight is 422 g/mol. The number of benzene rings is 2. The third-order valence-electron chi connectivity index (χ3n) is 3.32. The number of carbonyl (C=O) groups is 3. The number of carbonyl (C=O) groups excluding carboxylic acids is 3. The maximum atomic E-state index is 12.2. The van der Waals surface area contributed by atoms with Crippen molar-refractivity contribution in [2.24, 2.45) is 0 Å². The van der Waals surface area contributed by atoms with E-state index in [4.69, 9.17) is 4.74 Å². The van der Waals surface area contributed by atoms with Crippen LogP contribution in [0.4, 0.5) is 5.69 Å². The molecule has 0 radical (unpaired) electrons. The number of amides is 1. The van der Waals surface area contributed by atoms with Crippen molar-refractivity contribution in [3.05, 3.63) is 58.1 Å². The van der Waals surface area contributed by atoms with Crippen LogP contribution in [-0.2, 0) is 14.3 Å². The van der Waals surface area contributed by atoms with E-state index in [1.54, 1.807) is 18.2 Å². The van der Waals surface area contributed by atoms with E-state index in [0.29, 0.717) is 10.2 Å². The second kappa shape index (κ2) is 9.00. The van der Waals surface area contributed by atoms with Gasteiger partial charge in [0, 0.05) is 0 Å². The van der Waals surface area contributed by atoms with Crippen LogP contribution >= 0.6 is 15.9 Å². The van der Waals surface area contributed by atoms with E-state index >= 15 is 0 Å². The SMILES string of the molecule is COC(=O)c1ccc(C(=O)OC)c(NC(=O)COc2ccccc2Br)c1. The number of rotatable bonds is 6. The minimum absolute atomic E-state index is 0.106. The van der Waals surface area contributed by atoms with Gasteiger partial charge in [0.05, 0.1) is 35.5 Å². The van der Waals surface area contributed by atoms with Crippen LogP contribution in [0.5, 0.6) is 5.75 Å². The molecule has 8 heteroatoms. The fourth-order valence-electron chi connectivity index (χ4n) is 2.07. The third kappa shape index (κ3) is 4.82. The van der Waals surface area contributed by atoms with Crippen LogP contribution in [0.1, 0.15) is 20.7 Å². The van der Waals surface area contributed by atoms with Gasteiger partial charge in [-0.1, -0.05) is 12.1 Å². The minimum Gasteiger partial charge on any atom is -0.483 e. The van der Waals surface area contributed by atoms with Gasteiger partial charge in [0.2, 0.25) is 0 Å². The van der Waals surface area contributed by atoms with Crippen molar-refractivity contribution in [1.82, 2.24) is 0 Å². The molecule has 1 amide bonds. The third-order valence-corrected chi connectivity index (χ3v) is 3.97. The molecular weight excluding hydrogens is 406 g/mol. The summed E-state index contributed by atoms with van der Waals surface area (Å²) in [6.07, 6.45) is 0. The van der Waals surface area contributed by atoms with Crippen molar-refractivity contribution in [1.29, 1.82) is 0 Å². The Bertz CT molecular complexity index is 836. The lowest BCUT2D eigenvalue weighted by Crippen LogP contribution is -2.22. The maximum Gasteiger partial charge on any atom is 0.339 e. The summed E-state index contributed by atoms with van der Waals surface area (Å²) in [5.41, 5.74) is 0.414. The molecule has 0 aliphatic heterocycles. The minimum atomic E-state index is -0.650. The van der Waals surface area contributed by atoms with E-state index in [9.17, 15) is 14.4 Å². The van der Waals surface area contributed by atoms with E-state index in [-0.39, 0.29) is 23.4 Å². The second-order valence-electron chi connectivity index (χ2n) is 5.01. The number of ether oxygens (including phenoxy) is 3. The first-order chi connectivity index (χ1) is 12.5. The second-order valence-corrected chi connectivity index (χ2v) is 5.87. The first-order valence-electron chi connectivity index (χ1n) is 7.44. The molecule has 0 fully saturated rings. The predicted molar refractivity (Wildman–Crippen MR) is 97.4 cm³/mol. The van der Waals surface area contributed by atoms with Crippen LogP contribution in [0.2, 0.25) is 0 Å². The molecule has 0 saturated carbocycles.